The molecule has 0 spiro atoms. The lowest BCUT2D eigenvalue weighted by molar-refractivity contribution is -0.137. The Morgan fingerprint density at radius 2 is 2.12 bits per heavy atom. The fourth-order valence-corrected chi connectivity index (χ4v) is 2.69. The van der Waals surface area contributed by atoms with Crippen molar-refractivity contribution in [1.29, 1.82) is 0 Å². The molecule has 16 heavy (non-hydrogen) atoms. The van der Waals surface area contributed by atoms with Crippen LogP contribution in [0.15, 0.2) is 0 Å². The molecular formula is C11H17NO3S. The number of amides is 2. The van der Waals surface area contributed by atoms with Gasteiger partial charge in [-0.1, -0.05) is 13.8 Å². The van der Waals surface area contributed by atoms with E-state index in [1.165, 1.54) is 16.7 Å². The van der Waals surface area contributed by atoms with Gasteiger partial charge in [-0.25, -0.2) is 0 Å². The summed E-state index contributed by atoms with van der Waals surface area (Å²) in [4.78, 5) is 35.8. The minimum Gasteiger partial charge on any atom is -0.298 e. The molecule has 0 radical (unpaired) electrons. The molecule has 1 heterocycles. The predicted molar refractivity (Wildman–Crippen MR) is 63.1 cm³/mol. The van der Waals surface area contributed by atoms with Crippen LogP contribution in [0.3, 0.4) is 0 Å². The molecule has 0 aromatic carbocycles. The van der Waals surface area contributed by atoms with Crippen LogP contribution in [-0.4, -0.2) is 40.0 Å². The fourth-order valence-electron chi connectivity index (χ4n) is 1.46. The highest BCUT2D eigenvalue weighted by atomic mass is 32.2. The first-order valence-corrected chi connectivity index (χ1v) is 6.50. The van der Waals surface area contributed by atoms with Gasteiger partial charge in [0.1, 0.15) is 5.78 Å². The van der Waals surface area contributed by atoms with Crippen LogP contribution in [0.5, 0.6) is 0 Å². The molecule has 1 fully saturated rings. The molecule has 1 atom stereocenters. The lowest BCUT2D eigenvalue weighted by atomic mass is 10.1. The minimum atomic E-state index is -0.352. The van der Waals surface area contributed by atoms with Crippen molar-refractivity contribution in [1.82, 2.24) is 4.90 Å². The third-order valence-corrected chi connectivity index (χ3v) is 3.81. The first-order valence-electron chi connectivity index (χ1n) is 5.45. The second kappa shape index (κ2) is 5.48. The minimum absolute atomic E-state index is 0.0121. The topological polar surface area (TPSA) is 54.5 Å². The van der Waals surface area contributed by atoms with E-state index in [0.717, 1.165) is 0 Å². The average Bonchev–Trinajstić information content (AvgIpc) is 2.50. The SMILES string of the molecule is CCN1C(=O)CC(SCC(=O)C(C)C)C1=O. The van der Waals surface area contributed by atoms with Gasteiger partial charge in [0.15, 0.2) is 0 Å². The van der Waals surface area contributed by atoms with Crippen LogP contribution in [0.1, 0.15) is 27.2 Å². The lowest BCUT2D eigenvalue weighted by Gasteiger charge is -2.11. The van der Waals surface area contributed by atoms with Gasteiger partial charge in [0.05, 0.1) is 11.0 Å². The van der Waals surface area contributed by atoms with Gasteiger partial charge in [-0.05, 0) is 6.92 Å². The van der Waals surface area contributed by atoms with Gasteiger partial charge in [0.2, 0.25) is 11.8 Å². The van der Waals surface area contributed by atoms with Crippen LogP contribution in [0.25, 0.3) is 0 Å². The Morgan fingerprint density at radius 1 is 1.50 bits per heavy atom. The van der Waals surface area contributed by atoms with Crippen molar-refractivity contribution >= 4 is 29.4 Å². The number of rotatable bonds is 5. The summed E-state index contributed by atoms with van der Waals surface area (Å²) in [6.45, 7) is 5.88. The molecule has 0 bridgehead atoms. The Hall–Kier alpha value is -0.840. The Kier molecular flexibility index (Phi) is 4.53. The molecule has 0 N–H and O–H groups in total. The normalized spacial score (nSPS) is 21.0. The largest absolute Gasteiger partial charge is 0.298 e. The van der Waals surface area contributed by atoms with E-state index in [2.05, 4.69) is 0 Å². The van der Waals surface area contributed by atoms with Crippen molar-refractivity contribution in [3.63, 3.8) is 0 Å². The quantitative estimate of drug-likeness (QED) is 0.678. The molecule has 0 aliphatic carbocycles. The van der Waals surface area contributed by atoms with Gasteiger partial charge in [0.25, 0.3) is 0 Å². The van der Waals surface area contributed by atoms with E-state index in [9.17, 15) is 14.4 Å². The van der Waals surface area contributed by atoms with Crippen molar-refractivity contribution in [3.8, 4) is 0 Å². The zero-order valence-corrected chi connectivity index (χ0v) is 10.7. The Balaban J connectivity index is 2.49. The maximum Gasteiger partial charge on any atom is 0.242 e. The number of carbonyl (C=O) groups is 3. The summed E-state index contributed by atoms with van der Waals surface area (Å²) in [5, 5.41) is -0.352. The number of Topliss-reactive ketones (excluding diaryl/α,β-unsaturated/α-hetero) is 1. The summed E-state index contributed by atoms with van der Waals surface area (Å²) in [6.07, 6.45) is 0.239. The first-order chi connectivity index (χ1) is 7.47. The predicted octanol–water partition coefficient (Wildman–Crippen LogP) is 1.09. The molecular weight excluding hydrogens is 226 g/mol. The van der Waals surface area contributed by atoms with E-state index in [0.29, 0.717) is 12.3 Å². The summed E-state index contributed by atoms with van der Waals surface area (Å²) >= 11 is 1.29. The summed E-state index contributed by atoms with van der Waals surface area (Å²) < 4.78 is 0. The van der Waals surface area contributed by atoms with E-state index >= 15 is 0 Å². The number of thioether (sulfide) groups is 1. The second-order valence-electron chi connectivity index (χ2n) is 4.10. The highest BCUT2D eigenvalue weighted by Gasteiger charge is 2.37. The Labute approximate surface area is 99.8 Å². The molecule has 0 saturated carbocycles. The summed E-state index contributed by atoms with van der Waals surface area (Å²) in [5.41, 5.74) is 0. The number of carbonyl (C=O) groups excluding carboxylic acids is 3. The van der Waals surface area contributed by atoms with Crippen LogP contribution < -0.4 is 0 Å². The second-order valence-corrected chi connectivity index (χ2v) is 5.29. The summed E-state index contributed by atoms with van der Waals surface area (Å²) in [5.74, 6) is 0.164. The van der Waals surface area contributed by atoms with Gasteiger partial charge in [-0.2, -0.15) is 0 Å². The standard InChI is InChI=1S/C11H17NO3S/c1-4-12-10(14)5-9(11(12)15)16-6-8(13)7(2)3/h7,9H,4-6H2,1-3H3. The van der Waals surface area contributed by atoms with Gasteiger partial charge in [0, 0.05) is 18.9 Å². The monoisotopic (exact) mass is 243 g/mol. The van der Waals surface area contributed by atoms with E-state index in [1.54, 1.807) is 6.92 Å². The van der Waals surface area contributed by atoms with Crippen LogP contribution in [0, 0.1) is 5.92 Å². The third-order valence-electron chi connectivity index (χ3n) is 2.59. The maximum absolute atomic E-state index is 11.7. The van der Waals surface area contributed by atoms with E-state index in [1.807, 2.05) is 13.8 Å². The molecule has 5 heteroatoms. The molecule has 1 aliphatic rings. The molecule has 2 amide bonds. The number of hydrogen-bond acceptors (Lipinski definition) is 4. The van der Waals surface area contributed by atoms with Crippen LogP contribution in [0.4, 0.5) is 0 Å². The van der Waals surface area contributed by atoms with Gasteiger partial charge < -0.3 is 0 Å². The Bertz CT molecular complexity index is 314. The van der Waals surface area contributed by atoms with Crippen molar-refractivity contribution in [2.75, 3.05) is 12.3 Å². The Morgan fingerprint density at radius 3 is 2.56 bits per heavy atom. The van der Waals surface area contributed by atoms with Gasteiger partial charge in [-0.15, -0.1) is 11.8 Å². The molecule has 0 aromatic rings. The van der Waals surface area contributed by atoms with Crippen molar-refractivity contribution in [2.45, 2.75) is 32.4 Å². The smallest absolute Gasteiger partial charge is 0.242 e. The highest BCUT2D eigenvalue weighted by Crippen LogP contribution is 2.25. The molecule has 1 aliphatic heterocycles. The zero-order valence-electron chi connectivity index (χ0n) is 9.86. The molecule has 0 aromatic heterocycles. The molecule has 1 unspecified atom stereocenters. The lowest BCUT2D eigenvalue weighted by Crippen LogP contribution is -2.31. The van der Waals surface area contributed by atoms with Gasteiger partial charge >= 0.3 is 0 Å². The number of hydrogen-bond donors (Lipinski definition) is 0. The fraction of sp³-hybridized carbons (Fsp3) is 0.727. The van der Waals surface area contributed by atoms with Crippen molar-refractivity contribution < 1.29 is 14.4 Å². The maximum atomic E-state index is 11.7. The zero-order chi connectivity index (χ0) is 12.3. The highest BCUT2D eigenvalue weighted by molar-refractivity contribution is 8.01. The van der Waals surface area contributed by atoms with E-state index in [4.69, 9.17) is 0 Å². The number of imide groups is 1. The number of nitrogens with zero attached hydrogens (tertiary/aromatic N) is 1. The number of ketones is 1. The average molecular weight is 243 g/mol. The van der Waals surface area contributed by atoms with Crippen LogP contribution in [-0.2, 0) is 14.4 Å². The first kappa shape index (κ1) is 13.2. The molecule has 4 nitrogen and oxygen atoms in total. The van der Waals surface area contributed by atoms with Crippen LogP contribution in [0.2, 0.25) is 0 Å². The summed E-state index contributed by atoms with van der Waals surface area (Å²) in [7, 11) is 0. The molecule has 90 valence electrons. The van der Waals surface area contributed by atoms with Crippen molar-refractivity contribution in [3.05, 3.63) is 0 Å². The number of likely N-dealkylation sites (tertiary alicyclic amines) is 1. The van der Waals surface area contributed by atoms with E-state index in [-0.39, 0.29) is 35.2 Å². The van der Waals surface area contributed by atoms with E-state index < -0.39 is 0 Å². The summed E-state index contributed by atoms with van der Waals surface area (Å²) in [6, 6.07) is 0. The van der Waals surface area contributed by atoms with Crippen molar-refractivity contribution in [2.24, 2.45) is 5.92 Å². The molecule has 1 rings (SSSR count). The third kappa shape index (κ3) is 2.84. The molecule has 1 saturated heterocycles. The van der Waals surface area contributed by atoms with Crippen LogP contribution >= 0.6 is 11.8 Å². The van der Waals surface area contributed by atoms with Gasteiger partial charge in [-0.3, -0.25) is 19.3 Å².